The molecule has 2 N–H and O–H groups in total. The van der Waals surface area contributed by atoms with Crippen molar-refractivity contribution in [1.29, 1.82) is 0 Å². The molecule has 1 fully saturated rings. The first-order valence-corrected chi connectivity index (χ1v) is 11.5. The summed E-state index contributed by atoms with van der Waals surface area (Å²) in [6, 6.07) is 12.6. The van der Waals surface area contributed by atoms with E-state index in [1.807, 2.05) is 4.90 Å². The second-order valence-electron chi connectivity index (χ2n) is 7.06. The fourth-order valence-corrected chi connectivity index (χ4v) is 4.88. The third kappa shape index (κ3) is 6.42. The molecular formula is C22H26FN3O4S. The number of aliphatic hydroxyl groups is 1. The molecule has 2 aromatic carbocycles. The Hall–Kier alpha value is -2.64. The molecule has 1 saturated heterocycles. The van der Waals surface area contributed by atoms with Crippen LogP contribution in [0.2, 0.25) is 0 Å². The Kier molecular flexibility index (Phi) is 7.87. The lowest BCUT2D eigenvalue weighted by molar-refractivity contribution is 0.255. The normalized spacial score (nSPS) is 15.8. The van der Waals surface area contributed by atoms with Gasteiger partial charge in [0.1, 0.15) is 11.6 Å². The maximum absolute atomic E-state index is 13.1. The number of ether oxygens (including phenoxy) is 1. The number of benzene rings is 2. The number of hydrogen-bond acceptors (Lipinski definition) is 6. The van der Waals surface area contributed by atoms with Crippen LogP contribution in [0.5, 0.6) is 5.75 Å². The Balaban J connectivity index is 1.63. The lowest BCUT2D eigenvalue weighted by Crippen LogP contribution is -2.51. The topological polar surface area (TPSA) is 82.1 Å². The standard InChI is InChI=1S/C22H26FN3O4S/c1-30-22-4-2-3-18(15-22)5-8-20(24-17-27)16-31(28,29)26-13-11-25(12-14-26)21-9-6-19(23)7-10-21/h2-4,6-7,9-10,15,20,24,27H,11-14,16-17H2,1H3. The van der Waals surface area contributed by atoms with Gasteiger partial charge >= 0.3 is 0 Å². The number of sulfonamides is 1. The van der Waals surface area contributed by atoms with Crippen molar-refractivity contribution in [2.45, 2.75) is 6.04 Å². The van der Waals surface area contributed by atoms with Gasteiger partial charge < -0.3 is 14.7 Å². The van der Waals surface area contributed by atoms with Gasteiger partial charge in [-0.25, -0.2) is 12.8 Å². The third-order valence-corrected chi connectivity index (χ3v) is 6.91. The second-order valence-corrected chi connectivity index (χ2v) is 9.07. The molecule has 0 amide bonds. The highest BCUT2D eigenvalue weighted by Crippen LogP contribution is 2.18. The third-order valence-electron chi connectivity index (χ3n) is 5.00. The smallest absolute Gasteiger partial charge is 0.216 e. The van der Waals surface area contributed by atoms with Gasteiger partial charge in [-0.05, 0) is 42.5 Å². The summed E-state index contributed by atoms with van der Waals surface area (Å²) in [5, 5.41) is 12.0. The van der Waals surface area contributed by atoms with Gasteiger partial charge in [-0.3, -0.25) is 5.32 Å². The van der Waals surface area contributed by atoms with Crippen molar-refractivity contribution in [2.75, 3.05) is 50.7 Å². The van der Waals surface area contributed by atoms with Crippen LogP contribution in [0.4, 0.5) is 10.1 Å². The zero-order valence-electron chi connectivity index (χ0n) is 17.3. The molecular weight excluding hydrogens is 421 g/mol. The molecule has 1 aliphatic rings. The summed E-state index contributed by atoms with van der Waals surface area (Å²) in [6.45, 7) is 1.30. The van der Waals surface area contributed by atoms with Crippen molar-refractivity contribution in [3.8, 4) is 17.6 Å². The van der Waals surface area contributed by atoms with Gasteiger partial charge in [-0.2, -0.15) is 4.31 Å². The van der Waals surface area contributed by atoms with Crippen LogP contribution < -0.4 is 15.0 Å². The number of piperazine rings is 1. The average molecular weight is 448 g/mol. The number of rotatable bonds is 7. The minimum Gasteiger partial charge on any atom is -0.497 e. The zero-order valence-corrected chi connectivity index (χ0v) is 18.1. The molecule has 0 saturated carbocycles. The number of halogens is 1. The molecule has 2 aromatic rings. The van der Waals surface area contributed by atoms with Gasteiger partial charge in [0, 0.05) is 37.4 Å². The maximum Gasteiger partial charge on any atom is 0.216 e. The van der Waals surface area contributed by atoms with Crippen LogP contribution in [-0.4, -0.2) is 69.6 Å². The first-order valence-electron chi connectivity index (χ1n) is 9.89. The number of hydrogen-bond donors (Lipinski definition) is 2. The molecule has 0 bridgehead atoms. The number of nitrogens with one attached hydrogen (secondary N) is 1. The molecule has 0 spiro atoms. The molecule has 1 unspecified atom stereocenters. The van der Waals surface area contributed by atoms with E-state index in [0.717, 1.165) is 5.69 Å². The predicted molar refractivity (Wildman–Crippen MR) is 118 cm³/mol. The van der Waals surface area contributed by atoms with Crippen LogP contribution in [0.3, 0.4) is 0 Å². The van der Waals surface area contributed by atoms with E-state index in [-0.39, 0.29) is 18.3 Å². The van der Waals surface area contributed by atoms with Crippen LogP contribution in [0.25, 0.3) is 0 Å². The maximum atomic E-state index is 13.1. The van der Waals surface area contributed by atoms with E-state index in [9.17, 15) is 17.9 Å². The Bertz CT molecular complexity index is 1030. The zero-order chi connectivity index (χ0) is 22.3. The van der Waals surface area contributed by atoms with Gasteiger partial charge in [-0.1, -0.05) is 17.9 Å². The molecule has 9 heteroatoms. The summed E-state index contributed by atoms with van der Waals surface area (Å²) >= 11 is 0. The number of anilines is 1. The van der Waals surface area contributed by atoms with Crippen molar-refractivity contribution in [2.24, 2.45) is 0 Å². The van der Waals surface area contributed by atoms with E-state index < -0.39 is 16.1 Å². The van der Waals surface area contributed by atoms with Crippen LogP contribution in [0.15, 0.2) is 48.5 Å². The molecule has 1 atom stereocenters. The molecule has 1 heterocycles. The molecule has 7 nitrogen and oxygen atoms in total. The molecule has 3 rings (SSSR count). The van der Waals surface area contributed by atoms with Crippen LogP contribution in [0.1, 0.15) is 5.56 Å². The fourth-order valence-electron chi connectivity index (χ4n) is 3.33. The minimum atomic E-state index is -3.59. The van der Waals surface area contributed by atoms with E-state index in [4.69, 9.17) is 4.74 Å². The first kappa shape index (κ1) is 23.0. The van der Waals surface area contributed by atoms with Gasteiger partial charge in [0.25, 0.3) is 0 Å². The van der Waals surface area contributed by atoms with Gasteiger partial charge in [0.05, 0.1) is 25.6 Å². The molecule has 0 radical (unpaired) electrons. The summed E-state index contributed by atoms with van der Waals surface area (Å²) in [5.41, 5.74) is 1.55. The Morgan fingerprint density at radius 1 is 1.16 bits per heavy atom. The minimum absolute atomic E-state index is 0.249. The van der Waals surface area contributed by atoms with Gasteiger partial charge in [-0.15, -0.1) is 0 Å². The van der Waals surface area contributed by atoms with Crippen molar-refractivity contribution in [1.82, 2.24) is 9.62 Å². The van der Waals surface area contributed by atoms with Crippen molar-refractivity contribution >= 4 is 15.7 Å². The lowest BCUT2D eigenvalue weighted by atomic mass is 10.2. The first-order chi connectivity index (χ1) is 14.9. The van der Waals surface area contributed by atoms with Gasteiger partial charge in [0.2, 0.25) is 10.0 Å². The average Bonchev–Trinajstić information content (AvgIpc) is 2.78. The molecule has 1 aliphatic heterocycles. The number of nitrogens with zero attached hydrogens (tertiary/aromatic N) is 2. The summed E-state index contributed by atoms with van der Waals surface area (Å²) in [7, 11) is -2.03. The van der Waals surface area contributed by atoms with Crippen molar-refractivity contribution < 1.29 is 22.7 Å². The van der Waals surface area contributed by atoms with Crippen molar-refractivity contribution in [3.05, 3.63) is 59.9 Å². The van der Waals surface area contributed by atoms with Crippen LogP contribution in [0, 0.1) is 17.7 Å². The Labute approximate surface area is 182 Å². The highest BCUT2D eigenvalue weighted by molar-refractivity contribution is 7.89. The largest absolute Gasteiger partial charge is 0.497 e. The summed E-state index contributed by atoms with van der Waals surface area (Å²) in [6.07, 6.45) is 0. The van der Waals surface area contributed by atoms with Crippen LogP contribution >= 0.6 is 0 Å². The van der Waals surface area contributed by atoms with Crippen LogP contribution in [-0.2, 0) is 10.0 Å². The quantitative estimate of drug-likeness (QED) is 0.491. The van der Waals surface area contributed by atoms with E-state index in [0.29, 0.717) is 37.5 Å². The van der Waals surface area contributed by atoms with Crippen molar-refractivity contribution in [3.63, 3.8) is 0 Å². The second kappa shape index (κ2) is 10.6. The molecule has 0 aromatic heterocycles. The summed E-state index contributed by atoms with van der Waals surface area (Å²) < 4.78 is 45.6. The predicted octanol–water partition coefficient (Wildman–Crippen LogP) is 1.25. The SMILES string of the molecule is COc1cccc(C#CC(CS(=O)(=O)N2CCN(c3ccc(F)cc3)CC2)NCO)c1. The lowest BCUT2D eigenvalue weighted by Gasteiger charge is -2.35. The Morgan fingerprint density at radius 3 is 2.52 bits per heavy atom. The highest BCUT2D eigenvalue weighted by atomic mass is 32.2. The van der Waals surface area contributed by atoms with E-state index in [2.05, 4.69) is 17.2 Å². The van der Waals surface area contributed by atoms with E-state index in [1.165, 1.54) is 16.4 Å². The van der Waals surface area contributed by atoms with Gasteiger partial charge in [0.15, 0.2) is 0 Å². The highest BCUT2D eigenvalue weighted by Gasteiger charge is 2.29. The summed E-state index contributed by atoms with van der Waals surface area (Å²) in [4.78, 5) is 2.03. The monoisotopic (exact) mass is 447 g/mol. The molecule has 31 heavy (non-hydrogen) atoms. The Morgan fingerprint density at radius 2 is 1.87 bits per heavy atom. The fraction of sp³-hybridized carbons (Fsp3) is 0.364. The molecule has 0 aliphatic carbocycles. The number of methoxy groups -OCH3 is 1. The van der Waals surface area contributed by atoms with E-state index in [1.54, 1.807) is 43.5 Å². The molecule has 166 valence electrons. The summed E-state index contributed by atoms with van der Waals surface area (Å²) in [5.74, 6) is 5.94. The number of aliphatic hydroxyl groups excluding tert-OH is 1. The van der Waals surface area contributed by atoms with E-state index >= 15 is 0 Å².